The highest BCUT2D eigenvalue weighted by molar-refractivity contribution is 6.53. The Hall–Kier alpha value is -3.21. The van der Waals surface area contributed by atoms with E-state index in [2.05, 4.69) is 5.10 Å². The van der Waals surface area contributed by atoms with Crippen molar-refractivity contribution < 1.29 is 14.7 Å². The minimum absolute atomic E-state index is 0.0718. The maximum Gasteiger partial charge on any atom is 0.357 e. The molecule has 1 aliphatic heterocycles. The van der Waals surface area contributed by atoms with Crippen LogP contribution in [0.25, 0.3) is 6.08 Å². The van der Waals surface area contributed by atoms with Crippen LogP contribution in [-0.4, -0.2) is 22.7 Å². The summed E-state index contributed by atoms with van der Waals surface area (Å²) in [5.41, 5.74) is 1.10. The lowest BCUT2D eigenvalue weighted by molar-refractivity contribution is -0.129. The van der Waals surface area contributed by atoms with Crippen LogP contribution in [0.1, 0.15) is 5.56 Å². The van der Waals surface area contributed by atoms with E-state index in [9.17, 15) is 14.7 Å². The van der Waals surface area contributed by atoms with Crippen molar-refractivity contribution in [1.29, 1.82) is 0 Å². The zero-order valence-corrected chi connectivity index (χ0v) is 11.5. The third-order valence-electron chi connectivity index (χ3n) is 3.19. The van der Waals surface area contributed by atoms with Gasteiger partial charge in [-0.05, 0) is 23.8 Å². The van der Waals surface area contributed by atoms with Gasteiger partial charge in [0.2, 0.25) is 0 Å². The Bertz CT molecular complexity index is 780. The zero-order chi connectivity index (χ0) is 15.5. The molecule has 1 heterocycles. The van der Waals surface area contributed by atoms with Gasteiger partial charge in [0, 0.05) is 0 Å². The van der Waals surface area contributed by atoms with E-state index in [1.807, 2.05) is 24.3 Å². The van der Waals surface area contributed by atoms with E-state index >= 15 is 0 Å². The lowest BCUT2D eigenvalue weighted by Gasteiger charge is -2.10. The molecule has 0 spiro atoms. The van der Waals surface area contributed by atoms with E-state index < -0.39 is 11.9 Å². The molecule has 0 saturated heterocycles. The molecule has 0 unspecified atom stereocenters. The summed E-state index contributed by atoms with van der Waals surface area (Å²) in [5, 5.41) is 14.4. The Morgan fingerprint density at radius 1 is 1.00 bits per heavy atom. The number of carboxylic acid groups (broad SMARTS) is 1. The summed E-state index contributed by atoms with van der Waals surface area (Å²) in [6.07, 6.45) is 1.54. The maximum absolute atomic E-state index is 12.5. The summed E-state index contributed by atoms with van der Waals surface area (Å²) in [4.78, 5) is 23.9. The summed E-state index contributed by atoms with van der Waals surface area (Å²) in [7, 11) is 0. The fraction of sp³-hybridized carbons (Fsp3) is 0. The van der Waals surface area contributed by atoms with Gasteiger partial charge in [-0.25, -0.2) is 4.79 Å². The minimum Gasteiger partial charge on any atom is -0.476 e. The molecule has 3 rings (SSSR count). The highest BCUT2D eigenvalue weighted by Gasteiger charge is 2.34. The van der Waals surface area contributed by atoms with E-state index in [1.54, 1.807) is 36.4 Å². The molecule has 2 aromatic carbocycles. The Morgan fingerprint density at radius 3 is 2.18 bits per heavy atom. The average Bonchev–Trinajstić information content (AvgIpc) is 2.87. The Morgan fingerprint density at radius 2 is 1.59 bits per heavy atom. The number of aliphatic carboxylic acids is 1. The van der Waals surface area contributed by atoms with E-state index in [-0.39, 0.29) is 11.3 Å². The van der Waals surface area contributed by atoms with Gasteiger partial charge in [-0.1, -0.05) is 48.5 Å². The molecule has 1 amide bonds. The molecule has 1 N–H and O–H groups in total. The Balaban J connectivity index is 2.05. The largest absolute Gasteiger partial charge is 0.476 e. The predicted octanol–water partition coefficient (Wildman–Crippen LogP) is 2.56. The van der Waals surface area contributed by atoms with Gasteiger partial charge in [-0.15, -0.1) is 0 Å². The van der Waals surface area contributed by atoms with Gasteiger partial charge in [-0.2, -0.15) is 10.1 Å². The van der Waals surface area contributed by atoms with E-state index in [1.165, 1.54) is 6.08 Å². The topological polar surface area (TPSA) is 70.0 Å². The van der Waals surface area contributed by atoms with Gasteiger partial charge < -0.3 is 5.11 Å². The second-order valence-corrected chi connectivity index (χ2v) is 4.67. The van der Waals surface area contributed by atoms with E-state index in [4.69, 9.17) is 0 Å². The molecule has 2 aromatic rings. The van der Waals surface area contributed by atoms with Crippen LogP contribution in [0.2, 0.25) is 0 Å². The van der Waals surface area contributed by atoms with Crippen molar-refractivity contribution in [3.63, 3.8) is 0 Å². The number of carbonyl (C=O) groups excluding carboxylic acids is 1. The molecule has 1 aliphatic rings. The number of anilines is 1. The first-order valence-electron chi connectivity index (χ1n) is 6.65. The van der Waals surface area contributed by atoms with Crippen LogP contribution in [0.4, 0.5) is 5.69 Å². The smallest absolute Gasteiger partial charge is 0.357 e. The van der Waals surface area contributed by atoms with Gasteiger partial charge >= 0.3 is 5.97 Å². The number of nitrogens with zero attached hydrogens (tertiary/aromatic N) is 2. The summed E-state index contributed by atoms with van der Waals surface area (Å²) in [5.74, 6) is -1.68. The van der Waals surface area contributed by atoms with Crippen molar-refractivity contribution in [2.75, 3.05) is 5.01 Å². The SMILES string of the molecule is O=C(O)C1=NN(c2ccccc2)C(=O)/C1=C\c1ccccc1. The van der Waals surface area contributed by atoms with E-state index in [0.29, 0.717) is 5.69 Å². The predicted molar refractivity (Wildman–Crippen MR) is 83.4 cm³/mol. The summed E-state index contributed by atoms with van der Waals surface area (Å²) in [6.45, 7) is 0. The molecule has 0 saturated carbocycles. The second-order valence-electron chi connectivity index (χ2n) is 4.67. The number of carbonyl (C=O) groups is 2. The fourth-order valence-corrected chi connectivity index (χ4v) is 2.16. The van der Waals surface area contributed by atoms with Crippen LogP contribution in [-0.2, 0) is 9.59 Å². The summed E-state index contributed by atoms with van der Waals surface area (Å²) >= 11 is 0. The number of benzene rings is 2. The van der Waals surface area contributed by atoms with Crippen LogP contribution in [0.15, 0.2) is 71.3 Å². The van der Waals surface area contributed by atoms with Crippen molar-refractivity contribution in [3.05, 3.63) is 71.8 Å². The quantitative estimate of drug-likeness (QED) is 0.884. The van der Waals surface area contributed by atoms with Crippen molar-refractivity contribution >= 4 is 29.4 Å². The van der Waals surface area contributed by atoms with E-state index in [0.717, 1.165) is 10.6 Å². The Labute approximate surface area is 126 Å². The van der Waals surface area contributed by atoms with Crippen LogP contribution < -0.4 is 5.01 Å². The molecule has 22 heavy (non-hydrogen) atoms. The second kappa shape index (κ2) is 5.65. The first-order valence-corrected chi connectivity index (χ1v) is 6.65. The van der Waals surface area contributed by atoms with Gasteiger partial charge in [-0.3, -0.25) is 4.79 Å². The van der Waals surface area contributed by atoms with Crippen LogP contribution in [0.3, 0.4) is 0 Å². The third-order valence-corrected chi connectivity index (χ3v) is 3.19. The number of hydrazone groups is 1. The highest BCUT2D eigenvalue weighted by atomic mass is 16.4. The molecule has 0 bridgehead atoms. The number of amides is 1. The van der Waals surface area contributed by atoms with Gasteiger partial charge in [0.1, 0.15) is 0 Å². The molecule has 0 aliphatic carbocycles. The lowest BCUT2D eigenvalue weighted by atomic mass is 10.1. The number of rotatable bonds is 3. The van der Waals surface area contributed by atoms with Gasteiger partial charge in [0.15, 0.2) is 5.71 Å². The lowest BCUT2D eigenvalue weighted by Crippen LogP contribution is -2.22. The minimum atomic E-state index is -1.23. The molecule has 5 nitrogen and oxygen atoms in total. The molecular formula is C17H12N2O3. The third kappa shape index (κ3) is 2.52. The molecule has 0 atom stereocenters. The molecule has 0 aromatic heterocycles. The molecular weight excluding hydrogens is 280 g/mol. The average molecular weight is 292 g/mol. The highest BCUT2D eigenvalue weighted by Crippen LogP contribution is 2.24. The first-order chi connectivity index (χ1) is 10.7. The number of para-hydroxylation sites is 1. The van der Waals surface area contributed by atoms with Crippen LogP contribution in [0.5, 0.6) is 0 Å². The van der Waals surface area contributed by atoms with Crippen LogP contribution in [0, 0.1) is 0 Å². The maximum atomic E-state index is 12.5. The van der Waals surface area contributed by atoms with Crippen molar-refractivity contribution in [2.24, 2.45) is 5.10 Å². The fourth-order valence-electron chi connectivity index (χ4n) is 2.16. The van der Waals surface area contributed by atoms with Gasteiger partial charge in [0.25, 0.3) is 5.91 Å². The molecule has 0 radical (unpaired) electrons. The van der Waals surface area contributed by atoms with Crippen molar-refractivity contribution in [3.8, 4) is 0 Å². The zero-order valence-electron chi connectivity index (χ0n) is 11.5. The summed E-state index contributed by atoms with van der Waals surface area (Å²) in [6, 6.07) is 17.8. The monoisotopic (exact) mass is 292 g/mol. The Kier molecular flexibility index (Phi) is 3.53. The standard InChI is InChI=1S/C17H12N2O3/c20-16-14(11-12-7-3-1-4-8-12)15(17(21)22)18-19(16)13-9-5-2-6-10-13/h1-11H,(H,21,22)/b14-11-. The normalized spacial score (nSPS) is 16.0. The van der Waals surface area contributed by atoms with Crippen LogP contribution >= 0.6 is 0 Å². The van der Waals surface area contributed by atoms with Gasteiger partial charge in [0.05, 0.1) is 11.3 Å². The molecule has 0 fully saturated rings. The first kappa shape index (κ1) is 13.8. The molecule has 108 valence electrons. The van der Waals surface area contributed by atoms with Crippen molar-refractivity contribution in [2.45, 2.75) is 0 Å². The number of hydrogen-bond acceptors (Lipinski definition) is 3. The number of hydrogen-bond donors (Lipinski definition) is 1. The number of carboxylic acids is 1. The summed E-state index contributed by atoms with van der Waals surface area (Å²) < 4.78 is 0. The van der Waals surface area contributed by atoms with Crippen molar-refractivity contribution in [1.82, 2.24) is 0 Å². The molecule has 5 heteroatoms.